The number of unbranched alkanes of at least 4 members (excludes halogenated alkanes) is 1. The number of benzene rings is 1. The van der Waals surface area contributed by atoms with Crippen molar-refractivity contribution >= 4 is 47.0 Å². The number of thiazole rings is 1. The largest absolute Gasteiger partial charge is 0.468 e. The second-order valence-corrected chi connectivity index (χ2v) is 13.0. The molecule has 0 unspecified atom stereocenters. The van der Waals surface area contributed by atoms with Crippen LogP contribution in [0.3, 0.4) is 0 Å². The molecule has 0 bridgehead atoms. The highest BCUT2D eigenvalue weighted by Gasteiger charge is 2.21. The number of hydrogen-bond acceptors (Lipinski definition) is 9. The first-order chi connectivity index (χ1) is 24.3. The molecule has 1 aliphatic rings. The number of aromatic nitrogens is 1. The number of carbonyl (C=O) groups excluding carboxylic acids is 3. The number of amides is 2. The molecular formula is C39H63N5O4S2. The molecule has 0 radical (unpaired) electrons. The lowest BCUT2D eigenvalue weighted by atomic mass is 9.99. The topological polar surface area (TPSA) is 127 Å². The summed E-state index contributed by atoms with van der Waals surface area (Å²) in [6.07, 6.45) is 12.0. The normalized spacial score (nSPS) is 13.3. The van der Waals surface area contributed by atoms with E-state index >= 15 is 0 Å². The van der Waals surface area contributed by atoms with Crippen LogP contribution in [0.2, 0.25) is 0 Å². The smallest absolute Gasteiger partial charge is 0.293 e. The highest BCUT2D eigenvalue weighted by atomic mass is 32.2. The molecule has 9 nitrogen and oxygen atoms in total. The summed E-state index contributed by atoms with van der Waals surface area (Å²) in [4.78, 5) is 41.2. The summed E-state index contributed by atoms with van der Waals surface area (Å²) >= 11 is 2.99. The molecule has 0 saturated carbocycles. The van der Waals surface area contributed by atoms with Crippen LogP contribution >= 0.6 is 23.1 Å². The number of nitrogens with two attached hydrogens (primary N) is 1. The van der Waals surface area contributed by atoms with E-state index in [2.05, 4.69) is 71.6 Å². The first kappa shape index (κ1) is 46.8. The fraction of sp³-hybridized carbons (Fsp3) is 0.538. The molecule has 1 aromatic heterocycles. The van der Waals surface area contributed by atoms with Crippen molar-refractivity contribution in [3.05, 3.63) is 76.5 Å². The Labute approximate surface area is 310 Å². The molecule has 280 valence electrons. The van der Waals surface area contributed by atoms with Gasteiger partial charge in [0.1, 0.15) is 0 Å². The lowest BCUT2D eigenvalue weighted by molar-refractivity contribution is -0.128. The first-order valence-corrected chi connectivity index (χ1v) is 19.8. The Morgan fingerprint density at radius 1 is 1.10 bits per heavy atom. The molecule has 2 aromatic rings. The molecule has 0 spiro atoms. The Morgan fingerprint density at radius 3 is 2.32 bits per heavy atom. The molecule has 3 rings (SSSR count). The van der Waals surface area contributed by atoms with E-state index in [-0.39, 0.29) is 17.9 Å². The summed E-state index contributed by atoms with van der Waals surface area (Å²) in [5, 5.41) is 8.14. The van der Waals surface area contributed by atoms with E-state index in [1.54, 1.807) is 13.0 Å². The molecule has 11 heteroatoms. The van der Waals surface area contributed by atoms with E-state index in [1.807, 2.05) is 38.3 Å². The number of allylic oxidation sites excluding steroid dienone is 4. The van der Waals surface area contributed by atoms with Gasteiger partial charge in [0, 0.05) is 43.2 Å². The molecular weight excluding hydrogens is 667 g/mol. The molecule has 4 N–H and O–H groups in total. The molecule has 0 atom stereocenters. The summed E-state index contributed by atoms with van der Waals surface area (Å²) in [6.45, 7) is 21.9. The van der Waals surface area contributed by atoms with E-state index in [4.69, 9.17) is 4.98 Å². The van der Waals surface area contributed by atoms with Crippen LogP contribution in [0.5, 0.6) is 0 Å². The van der Waals surface area contributed by atoms with Gasteiger partial charge in [-0.05, 0) is 87.4 Å². The maximum Gasteiger partial charge on any atom is 0.293 e. The summed E-state index contributed by atoms with van der Waals surface area (Å²) in [5.74, 6) is 0.401. The Kier molecular flexibility index (Phi) is 27.6. The minimum Gasteiger partial charge on any atom is -0.468 e. The highest BCUT2D eigenvalue weighted by Crippen LogP contribution is 2.27. The number of thioether (sulfide) groups is 1. The minimum atomic E-state index is -0.00747. The molecule has 1 fully saturated rings. The molecule has 1 aliphatic heterocycles. The Morgan fingerprint density at radius 2 is 1.78 bits per heavy atom. The zero-order chi connectivity index (χ0) is 37.7. The average molecular weight is 730 g/mol. The van der Waals surface area contributed by atoms with Gasteiger partial charge >= 0.3 is 0 Å². The van der Waals surface area contributed by atoms with Crippen LogP contribution in [0, 0.1) is 0 Å². The van der Waals surface area contributed by atoms with Gasteiger partial charge in [0.25, 0.3) is 6.47 Å². The quantitative estimate of drug-likeness (QED) is 0.0860. The maximum absolute atomic E-state index is 12.7. The van der Waals surface area contributed by atoms with Gasteiger partial charge < -0.3 is 21.1 Å². The van der Waals surface area contributed by atoms with Crippen LogP contribution in [-0.4, -0.2) is 66.7 Å². The number of nitrogens with zero attached hydrogens (tertiary/aromatic N) is 2. The van der Waals surface area contributed by atoms with Crippen molar-refractivity contribution in [1.82, 2.24) is 20.5 Å². The van der Waals surface area contributed by atoms with Gasteiger partial charge in [-0.3, -0.25) is 19.3 Å². The van der Waals surface area contributed by atoms with Gasteiger partial charge in [0.05, 0.1) is 18.1 Å². The third kappa shape index (κ3) is 18.7. The Hall–Kier alpha value is -3.25. The maximum atomic E-state index is 12.7. The van der Waals surface area contributed by atoms with Crippen molar-refractivity contribution in [2.45, 2.75) is 110 Å². The van der Waals surface area contributed by atoms with Crippen LogP contribution in [0.15, 0.2) is 58.4 Å². The highest BCUT2D eigenvalue weighted by molar-refractivity contribution is 8.01. The third-order valence-electron chi connectivity index (χ3n) is 7.61. The number of nitrogens with one attached hydrogen (secondary N) is 2. The number of carbonyl (C=O) groups is 3. The fourth-order valence-electron chi connectivity index (χ4n) is 5.05. The Balaban J connectivity index is 0.00000241. The number of likely N-dealkylation sites (tertiary alicyclic amines) is 1. The molecule has 2 heterocycles. The number of aryl methyl sites for hydroxylation is 2. The molecule has 50 heavy (non-hydrogen) atoms. The van der Waals surface area contributed by atoms with Gasteiger partial charge in [0.2, 0.25) is 11.8 Å². The monoisotopic (exact) mass is 729 g/mol. The summed E-state index contributed by atoms with van der Waals surface area (Å²) in [7, 11) is 1.50. The number of hydrogen-bond donors (Lipinski definition) is 3. The van der Waals surface area contributed by atoms with Gasteiger partial charge in [-0.25, -0.2) is 4.98 Å². The second kappa shape index (κ2) is 29.5. The third-order valence-corrected chi connectivity index (χ3v) is 9.64. The van der Waals surface area contributed by atoms with Crippen LogP contribution in [-0.2, 0) is 38.5 Å². The van der Waals surface area contributed by atoms with E-state index in [0.29, 0.717) is 30.9 Å². The predicted octanol–water partition coefficient (Wildman–Crippen LogP) is 7.70. The standard InChI is InChI=1S/C33H46N4O2S2.C3H6O2.C2H6.CH5N/c1-6-11-12-31(38)34-28(10-5)20-27(9-4)30-22-40-33(36-30)41-23-32(39)35-29-15-17-37(18-16-29)21-24-13-14-25(7-2)26(8-3)19-24;1-2-5-3-4;2*1-2/h9-10,13-14,19-20,22,29H,5-8,11-12,15-18,21,23H2,1-4H3,(H,34,38)(H,35,39);3H,2H2,1H3;1-2H3;2H2,1H3/b27-9+,28-20+;;;. The van der Waals surface area contributed by atoms with E-state index in [9.17, 15) is 14.4 Å². The van der Waals surface area contributed by atoms with Crippen LogP contribution < -0.4 is 16.4 Å². The van der Waals surface area contributed by atoms with E-state index < -0.39 is 0 Å². The predicted molar refractivity (Wildman–Crippen MR) is 213 cm³/mol. The van der Waals surface area contributed by atoms with Crippen molar-refractivity contribution < 1.29 is 19.1 Å². The van der Waals surface area contributed by atoms with Crippen molar-refractivity contribution in [3.8, 4) is 0 Å². The number of rotatable bonds is 17. The summed E-state index contributed by atoms with van der Waals surface area (Å²) in [6, 6.07) is 7.15. The molecule has 0 aliphatic carbocycles. The lowest BCUT2D eigenvalue weighted by Crippen LogP contribution is -2.44. The second-order valence-electron chi connectivity index (χ2n) is 11.0. The number of ether oxygens (including phenoxy) is 1. The Bertz CT molecular complexity index is 1320. The van der Waals surface area contributed by atoms with Crippen molar-refractivity contribution in [2.75, 3.05) is 32.5 Å². The zero-order valence-electron chi connectivity index (χ0n) is 31.8. The van der Waals surface area contributed by atoms with Crippen molar-refractivity contribution in [2.24, 2.45) is 5.73 Å². The zero-order valence-corrected chi connectivity index (χ0v) is 33.4. The van der Waals surface area contributed by atoms with E-state index in [0.717, 1.165) is 73.8 Å². The fourth-order valence-corrected chi connectivity index (χ4v) is 6.69. The van der Waals surface area contributed by atoms with Gasteiger partial charge in [0.15, 0.2) is 4.34 Å². The van der Waals surface area contributed by atoms with E-state index in [1.165, 1.54) is 46.8 Å². The van der Waals surface area contributed by atoms with Crippen LogP contribution in [0.25, 0.3) is 5.57 Å². The van der Waals surface area contributed by atoms with Crippen LogP contribution in [0.4, 0.5) is 0 Å². The van der Waals surface area contributed by atoms with Crippen molar-refractivity contribution in [1.29, 1.82) is 0 Å². The van der Waals surface area contributed by atoms with Gasteiger partial charge in [-0.1, -0.05) is 83.7 Å². The summed E-state index contributed by atoms with van der Waals surface area (Å²) in [5.41, 5.74) is 11.2. The number of piperidine rings is 1. The molecule has 1 aromatic carbocycles. The SMILES string of the molecule is C=C/C(=C\C(=C/C)c1csc(SCC(=O)NC2CCN(Cc3ccc(CC)c(CC)c3)CC2)n1)NC(=O)CCCC.CC.CCOC=O.CN. The molecule has 2 amide bonds. The van der Waals surface area contributed by atoms with Crippen LogP contribution in [0.1, 0.15) is 103 Å². The van der Waals surface area contributed by atoms with Gasteiger partial charge in [-0.2, -0.15) is 0 Å². The van der Waals surface area contributed by atoms with Gasteiger partial charge in [-0.15, -0.1) is 11.3 Å². The van der Waals surface area contributed by atoms with Crippen molar-refractivity contribution in [3.63, 3.8) is 0 Å². The lowest BCUT2D eigenvalue weighted by Gasteiger charge is -2.32. The summed E-state index contributed by atoms with van der Waals surface area (Å²) < 4.78 is 5.00. The average Bonchev–Trinajstić information content (AvgIpc) is 3.63. The first-order valence-electron chi connectivity index (χ1n) is 17.9. The minimum absolute atomic E-state index is 0.00747. The molecule has 1 saturated heterocycles.